The lowest BCUT2D eigenvalue weighted by atomic mass is 10.2. The number of aromatic nitrogens is 1. The zero-order valence-corrected chi connectivity index (χ0v) is 13.3. The van der Waals surface area contributed by atoms with Gasteiger partial charge in [-0.05, 0) is 51.3 Å². The molecule has 0 bridgehead atoms. The van der Waals surface area contributed by atoms with Crippen molar-refractivity contribution in [2.24, 2.45) is 0 Å². The molecule has 0 atom stereocenters. The maximum atomic E-state index is 13.6. The molecule has 2 aromatic rings. The van der Waals surface area contributed by atoms with E-state index in [0.717, 1.165) is 13.0 Å². The molecule has 5 nitrogen and oxygen atoms in total. The molecule has 0 radical (unpaired) electrons. The Hall–Kier alpha value is -2.47. The summed E-state index contributed by atoms with van der Waals surface area (Å²) in [7, 11) is 3.99. The molecule has 6 heteroatoms. The van der Waals surface area contributed by atoms with E-state index in [2.05, 4.69) is 20.5 Å². The van der Waals surface area contributed by atoms with Crippen LogP contribution in [0.4, 0.5) is 15.9 Å². The second-order valence-electron chi connectivity index (χ2n) is 5.45. The standard InChI is InChI=1S/C17H21FN4O/c1-22(2)11-5-10-19-17(23)13-8-9-16(20-12-13)21-15-7-4-3-6-14(15)18/h3-4,6-9,12H,5,10-11H2,1-2H3,(H,19,23)(H,20,21). The molecule has 0 aliphatic carbocycles. The van der Waals surface area contributed by atoms with Crippen molar-refractivity contribution < 1.29 is 9.18 Å². The number of hydrogen-bond donors (Lipinski definition) is 2. The first-order valence-corrected chi connectivity index (χ1v) is 7.47. The number of halogens is 1. The number of pyridine rings is 1. The number of nitrogens with zero attached hydrogens (tertiary/aromatic N) is 2. The van der Waals surface area contributed by atoms with Crippen LogP contribution in [0.25, 0.3) is 0 Å². The summed E-state index contributed by atoms with van der Waals surface area (Å²) < 4.78 is 13.6. The average molecular weight is 316 g/mol. The van der Waals surface area contributed by atoms with Crippen LogP contribution in [0.15, 0.2) is 42.6 Å². The molecule has 0 unspecified atom stereocenters. The highest BCUT2D eigenvalue weighted by Crippen LogP contribution is 2.17. The number of rotatable bonds is 7. The summed E-state index contributed by atoms with van der Waals surface area (Å²) in [5.74, 6) is -0.0232. The first kappa shape index (κ1) is 16.9. The molecule has 1 aromatic heterocycles. The molecule has 0 aliphatic heterocycles. The van der Waals surface area contributed by atoms with Gasteiger partial charge in [0.1, 0.15) is 11.6 Å². The van der Waals surface area contributed by atoms with Crippen LogP contribution >= 0.6 is 0 Å². The first-order chi connectivity index (χ1) is 11.1. The molecule has 1 heterocycles. The minimum atomic E-state index is -0.350. The molecule has 2 N–H and O–H groups in total. The van der Waals surface area contributed by atoms with E-state index in [1.807, 2.05) is 14.1 Å². The van der Waals surface area contributed by atoms with Crippen LogP contribution in [0.3, 0.4) is 0 Å². The highest BCUT2D eigenvalue weighted by molar-refractivity contribution is 5.94. The molecule has 122 valence electrons. The maximum absolute atomic E-state index is 13.6. The third kappa shape index (κ3) is 5.34. The highest BCUT2D eigenvalue weighted by atomic mass is 19.1. The lowest BCUT2D eigenvalue weighted by Crippen LogP contribution is -2.27. The minimum absolute atomic E-state index is 0.159. The Kier molecular flexibility index (Phi) is 6.05. The van der Waals surface area contributed by atoms with Crippen LogP contribution in [0.1, 0.15) is 16.8 Å². The zero-order valence-electron chi connectivity index (χ0n) is 13.3. The van der Waals surface area contributed by atoms with Crippen LogP contribution < -0.4 is 10.6 Å². The van der Waals surface area contributed by atoms with Crippen molar-refractivity contribution in [3.63, 3.8) is 0 Å². The van der Waals surface area contributed by atoms with Gasteiger partial charge in [0.15, 0.2) is 0 Å². The minimum Gasteiger partial charge on any atom is -0.352 e. The van der Waals surface area contributed by atoms with Crippen molar-refractivity contribution in [1.29, 1.82) is 0 Å². The fourth-order valence-electron chi connectivity index (χ4n) is 2.00. The zero-order chi connectivity index (χ0) is 16.7. The van der Waals surface area contributed by atoms with Crippen molar-refractivity contribution in [3.8, 4) is 0 Å². The van der Waals surface area contributed by atoms with E-state index in [4.69, 9.17) is 0 Å². The molecule has 0 saturated heterocycles. The molecule has 2 rings (SSSR count). The van der Waals surface area contributed by atoms with Crippen LogP contribution in [0.5, 0.6) is 0 Å². The average Bonchev–Trinajstić information content (AvgIpc) is 2.54. The summed E-state index contributed by atoms with van der Waals surface area (Å²) in [5.41, 5.74) is 0.829. The topological polar surface area (TPSA) is 57.3 Å². The summed E-state index contributed by atoms with van der Waals surface area (Å²) >= 11 is 0. The van der Waals surface area contributed by atoms with Gasteiger partial charge in [-0.3, -0.25) is 4.79 Å². The van der Waals surface area contributed by atoms with Crippen LogP contribution in [0.2, 0.25) is 0 Å². The van der Waals surface area contributed by atoms with E-state index >= 15 is 0 Å². The summed E-state index contributed by atoms with van der Waals surface area (Å²) in [6.45, 7) is 1.54. The number of amides is 1. The molecule has 23 heavy (non-hydrogen) atoms. The molecular weight excluding hydrogens is 295 g/mol. The van der Waals surface area contributed by atoms with Crippen molar-refractivity contribution in [2.75, 3.05) is 32.5 Å². The summed E-state index contributed by atoms with van der Waals surface area (Å²) in [5, 5.41) is 5.73. The number of nitrogens with one attached hydrogen (secondary N) is 2. The fraction of sp³-hybridized carbons (Fsp3) is 0.294. The van der Waals surface area contributed by atoms with Crippen molar-refractivity contribution >= 4 is 17.4 Å². The van der Waals surface area contributed by atoms with E-state index in [9.17, 15) is 9.18 Å². The van der Waals surface area contributed by atoms with E-state index in [1.165, 1.54) is 12.3 Å². The third-order valence-corrected chi connectivity index (χ3v) is 3.23. The second kappa shape index (κ2) is 8.24. The normalized spacial score (nSPS) is 10.6. The monoisotopic (exact) mass is 316 g/mol. The highest BCUT2D eigenvalue weighted by Gasteiger charge is 2.07. The summed E-state index contributed by atoms with van der Waals surface area (Å²) in [4.78, 5) is 18.2. The summed E-state index contributed by atoms with van der Waals surface area (Å²) in [6.07, 6.45) is 2.36. The predicted molar refractivity (Wildman–Crippen MR) is 89.4 cm³/mol. The van der Waals surface area contributed by atoms with Crippen molar-refractivity contribution in [3.05, 3.63) is 54.0 Å². The lowest BCUT2D eigenvalue weighted by Gasteiger charge is -2.10. The molecular formula is C17H21FN4O. The SMILES string of the molecule is CN(C)CCCNC(=O)c1ccc(Nc2ccccc2F)nc1. The van der Waals surface area contributed by atoms with Gasteiger partial charge in [-0.1, -0.05) is 12.1 Å². The number of hydrogen-bond acceptors (Lipinski definition) is 4. The molecule has 0 spiro atoms. The van der Waals surface area contributed by atoms with E-state index in [-0.39, 0.29) is 11.7 Å². The number of anilines is 2. The first-order valence-electron chi connectivity index (χ1n) is 7.47. The predicted octanol–water partition coefficient (Wildman–Crippen LogP) is 2.65. The van der Waals surface area contributed by atoms with E-state index in [1.54, 1.807) is 30.3 Å². The molecule has 1 amide bonds. The van der Waals surface area contributed by atoms with E-state index in [0.29, 0.717) is 23.6 Å². The molecule has 1 aromatic carbocycles. The third-order valence-electron chi connectivity index (χ3n) is 3.23. The number of carbonyl (C=O) groups excluding carboxylic acids is 1. The van der Waals surface area contributed by atoms with Crippen LogP contribution in [0, 0.1) is 5.82 Å². The maximum Gasteiger partial charge on any atom is 0.252 e. The van der Waals surface area contributed by atoms with Gasteiger partial charge in [0.05, 0.1) is 11.3 Å². The van der Waals surface area contributed by atoms with Gasteiger partial charge in [0, 0.05) is 12.7 Å². The Morgan fingerprint density at radius 3 is 2.65 bits per heavy atom. The number of carbonyl (C=O) groups is 1. The lowest BCUT2D eigenvalue weighted by molar-refractivity contribution is 0.0952. The Labute approximate surface area is 135 Å². The van der Waals surface area contributed by atoms with Gasteiger partial charge >= 0.3 is 0 Å². The fourth-order valence-corrected chi connectivity index (χ4v) is 2.00. The van der Waals surface area contributed by atoms with Crippen LogP contribution in [-0.4, -0.2) is 43.0 Å². The number of para-hydroxylation sites is 1. The largest absolute Gasteiger partial charge is 0.352 e. The van der Waals surface area contributed by atoms with Gasteiger partial charge in [0.2, 0.25) is 0 Å². The van der Waals surface area contributed by atoms with Gasteiger partial charge in [-0.25, -0.2) is 9.37 Å². The second-order valence-corrected chi connectivity index (χ2v) is 5.45. The molecule has 0 saturated carbocycles. The van der Waals surface area contributed by atoms with Gasteiger partial charge < -0.3 is 15.5 Å². The van der Waals surface area contributed by atoms with E-state index < -0.39 is 0 Å². The van der Waals surface area contributed by atoms with Crippen molar-refractivity contribution in [2.45, 2.75) is 6.42 Å². The van der Waals surface area contributed by atoms with Gasteiger partial charge in [0.25, 0.3) is 5.91 Å². The molecule has 0 aliphatic rings. The number of benzene rings is 1. The smallest absolute Gasteiger partial charge is 0.252 e. The Bertz CT molecular complexity index is 643. The Morgan fingerprint density at radius 1 is 1.22 bits per heavy atom. The Balaban J connectivity index is 1.89. The summed E-state index contributed by atoms with van der Waals surface area (Å²) in [6, 6.07) is 9.68. The Morgan fingerprint density at radius 2 is 2.00 bits per heavy atom. The van der Waals surface area contributed by atoms with Gasteiger partial charge in [-0.15, -0.1) is 0 Å². The van der Waals surface area contributed by atoms with Crippen molar-refractivity contribution in [1.82, 2.24) is 15.2 Å². The molecule has 0 fully saturated rings. The van der Waals surface area contributed by atoms with Crippen LogP contribution in [-0.2, 0) is 0 Å². The quantitative estimate of drug-likeness (QED) is 0.771. The van der Waals surface area contributed by atoms with Gasteiger partial charge in [-0.2, -0.15) is 0 Å².